The fraction of sp³-hybridized carbons (Fsp3) is 0.667. The van der Waals surface area contributed by atoms with Gasteiger partial charge in [-0.25, -0.2) is 0 Å². The predicted octanol–water partition coefficient (Wildman–Crippen LogP) is 2.13. The molecule has 0 N–H and O–H groups in total. The molecule has 0 aromatic carbocycles. The standard InChI is InChI=1S/C18H27N5O/c1-14-16(9-20-21(14)2)10-22-11-17-5-7-19-23(17)8-6-18(22)13-24-12-15-3-4-15/h5,7,9,15,18H,3-4,6,8,10-13H2,1-2H3/t18-/m1/s1. The molecule has 0 radical (unpaired) electrons. The van der Waals surface area contributed by atoms with Crippen LogP contribution in [0.5, 0.6) is 0 Å². The van der Waals surface area contributed by atoms with Gasteiger partial charge in [0.15, 0.2) is 0 Å². The van der Waals surface area contributed by atoms with Crippen LogP contribution in [0, 0.1) is 12.8 Å². The quantitative estimate of drug-likeness (QED) is 0.814. The van der Waals surface area contributed by atoms with E-state index >= 15 is 0 Å². The van der Waals surface area contributed by atoms with Crippen molar-refractivity contribution in [3.63, 3.8) is 0 Å². The molecular weight excluding hydrogens is 302 g/mol. The summed E-state index contributed by atoms with van der Waals surface area (Å²) in [4.78, 5) is 2.54. The molecule has 1 fully saturated rings. The predicted molar refractivity (Wildman–Crippen MR) is 91.4 cm³/mol. The van der Waals surface area contributed by atoms with Crippen molar-refractivity contribution in [3.8, 4) is 0 Å². The molecule has 6 nitrogen and oxygen atoms in total. The smallest absolute Gasteiger partial charge is 0.0622 e. The van der Waals surface area contributed by atoms with E-state index in [-0.39, 0.29) is 0 Å². The molecule has 0 amide bonds. The molecule has 4 rings (SSSR count). The van der Waals surface area contributed by atoms with Crippen LogP contribution in [0.15, 0.2) is 18.5 Å². The molecule has 130 valence electrons. The van der Waals surface area contributed by atoms with Gasteiger partial charge in [0.1, 0.15) is 0 Å². The minimum absolute atomic E-state index is 0.435. The SMILES string of the molecule is Cc1c(CN2Cc3ccnn3CC[C@@H]2COCC2CC2)cnn1C. The summed E-state index contributed by atoms with van der Waals surface area (Å²) in [5, 5.41) is 8.86. The minimum atomic E-state index is 0.435. The van der Waals surface area contributed by atoms with E-state index in [9.17, 15) is 0 Å². The third kappa shape index (κ3) is 3.39. The van der Waals surface area contributed by atoms with Gasteiger partial charge in [0.25, 0.3) is 0 Å². The molecule has 1 atom stereocenters. The zero-order chi connectivity index (χ0) is 16.5. The van der Waals surface area contributed by atoms with Gasteiger partial charge in [-0.05, 0) is 38.2 Å². The lowest BCUT2D eigenvalue weighted by molar-refractivity contribution is 0.0449. The van der Waals surface area contributed by atoms with Crippen molar-refractivity contribution in [3.05, 3.63) is 35.4 Å². The summed E-state index contributed by atoms with van der Waals surface area (Å²) in [5.41, 5.74) is 3.84. The Morgan fingerprint density at radius 3 is 2.83 bits per heavy atom. The highest BCUT2D eigenvalue weighted by molar-refractivity contribution is 5.16. The molecule has 2 aromatic rings. The third-order valence-corrected chi connectivity index (χ3v) is 5.43. The molecule has 24 heavy (non-hydrogen) atoms. The van der Waals surface area contributed by atoms with Gasteiger partial charge < -0.3 is 4.74 Å². The number of aryl methyl sites for hydroxylation is 2. The number of hydrogen-bond donors (Lipinski definition) is 0. The van der Waals surface area contributed by atoms with Crippen molar-refractivity contribution in [1.29, 1.82) is 0 Å². The second-order valence-electron chi connectivity index (χ2n) is 7.25. The lowest BCUT2D eigenvalue weighted by atomic mass is 10.1. The topological polar surface area (TPSA) is 48.1 Å². The lowest BCUT2D eigenvalue weighted by Gasteiger charge is -2.29. The molecule has 1 aliphatic carbocycles. The van der Waals surface area contributed by atoms with Crippen LogP contribution in [0.2, 0.25) is 0 Å². The van der Waals surface area contributed by atoms with Crippen molar-refractivity contribution in [2.75, 3.05) is 13.2 Å². The maximum Gasteiger partial charge on any atom is 0.0622 e. The summed E-state index contributed by atoms with van der Waals surface area (Å²) in [6.45, 7) is 6.71. The van der Waals surface area contributed by atoms with Crippen LogP contribution in [0.3, 0.4) is 0 Å². The van der Waals surface area contributed by atoms with E-state index in [2.05, 4.69) is 32.8 Å². The van der Waals surface area contributed by atoms with E-state index in [0.717, 1.165) is 45.2 Å². The number of rotatable bonds is 6. The molecule has 0 unspecified atom stereocenters. The molecule has 0 spiro atoms. The van der Waals surface area contributed by atoms with Crippen LogP contribution >= 0.6 is 0 Å². The number of aromatic nitrogens is 4. The normalized spacial score (nSPS) is 21.7. The van der Waals surface area contributed by atoms with Gasteiger partial charge in [-0.1, -0.05) is 0 Å². The molecule has 3 heterocycles. The van der Waals surface area contributed by atoms with E-state index in [0.29, 0.717) is 6.04 Å². The second-order valence-corrected chi connectivity index (χ2v) is 7.25. The summed E-state index contributed by atoms with van der Waals surface area (Å²) in [6, 6.07) is 2.57. The molecule has 6 heteroatoms. The molecule has 0 saturated heterocycles. The maximum absolute atomic E-state index is 6.04. The first kappa shape index (κ1) is 15.8. The second kappa shape index (κ2) is 6.69. The zero-order valence-corrected chi connectivity index (χ0v) is 14.7. The Kier molecular flexibility index (Phi) is 4.41. The van der Waals surface area contributed by atoms with Crippen molar-refractivity contribution in [1.82, 2.24) is 24.5 Å². The van der Waals surface area contributed by atoms with Crippen molar-refractivity contribution in [2.45, 2.75) is 51.9 Å². The summed E-state index contributed by atoms with van der Waals surface area (Å²) in [7, 11) is 2.01. The highest BCUT2D eigenvalue weighted by atomic mass is 16.5. The summed E-state index contributed by atoms with van der Waals surface area (Å²) >= 11 is 0. The van der Waals surface area contributed by atoms with E-state index in [1.807, 2.05) is 24.1 Å². The largest absolute Gasteiger partial charge is 0.380 e. The Morgan fingerprint density at radius 1 is 1.21 bits per heavy atom. The summed E-state index contributed by atoms with van der Waals surface area (Å²) < 4.78 is 10.1. The van der Waals surface area contributed by atoms with Gasteiger partial charge in [-0.2, -0.15) is 10.2 Å². The lowest BCUT2D eigenvalue weighted by Crippen LogP contribution is -2.37. The van der Waals surface area contributed by atoms with Gasteiger partial charge in [0.2, 0.25) is 0 Å². The van der Waals surface area contributed by atoms with Crippen molar-refractivity contribution in [2.24, 2.45) is 13.0 Å². The first-order valence-corrected chi connectivity index (χ1v) is 9.00. The number of fused-ring (bicyclic) bond motifs is 1. The molecule has 1 aliphatic heterocycles. The van der Waals surface area contributed by atoms with Gasteiger partial charge >= 0.3 is 0 Å². The van der Waals surface area contributed by atoms with E-state index in [4.69, 9.17) is 4.74 Å². The molecule has 1 saturated carbocycles. The summed E-state index contributed by atoms with van der Waals surface area (Å²) in [5.74, 6) is 0.820. The Balaban J connectivity index is 1.48. The highest BCUT2D eigenvalue weighted by Gasteiger charge is 2.27. The number of hydrogen-bond acceptors (Lipinski definition) is 4. The van der Waals surface area contributed by atoms with Gasteiger partial charge in [-0.3, -0.25) is 14.3 Å². The van der Waals surface area contributed by atoms with Crippen LogP contribution < -0.4 is 0 Å². The van der Waals surface area contributed by atoms with Crippen LogP contribution in [0.25, 0.3) is 0 Å². The van der Waals surface area contributed by atoms with E-state index < -0.39 is 0 Å². The fourth-order valence-corrected chi connectivity index (χ4v) is 3.43. The average molecular weight is 329 g/mol. The first-order valence-electron chi connectivity index (χ1n) is 9.00. The van der Waals surface area contributed by atoms with Crippen LogP contribution in [-0.2, 0) is 31.4 Å². The van der Waals surface area contributed by atoms with Crippen molar-refractivity contribution >= 4 is 0 Å². The zero-order valence-electron chi connectivity index (χ0n) is 14.7. The fourth-order valence-electron chi connectivity index (χ4n) is 3.43. The molecule has 0 bridgehead atoms. The first-order chi connectivity index (χ1) is 11.7. The molecular formula is C18H27N5O. The van der Waals surface area contributed by atoms with Gasteiger partial charge in [0.05, 0.1) is 18.5 Å². The Bertz CT molecular complexity index is 687. The van der Waals surface area contributed by atoms with Gasteiger partial charge in [-0.15, -0.1) is 0 Å². The Hall–Kier alpha value is -1.66. The Labute approximate surface area is 143 Å². The van der Waals surface area contributed by atoms with Gasteiger partial charge in [0, 0.05) is 56.8 Å². The van der Waals surface area contributed by atoms with Crippen LogP contribution in [-0.4, -0.2) is 43.7 Å². The van der Waals surface area contributed by atoms with Crippen LogP contribution in [0.1, 0.15) is 36.2 Å². The summed E-state index contributed by atoms with van der Waals surface area (Å²) in [6.07, 6.45) is 7.68. The third-order valence-electron chi connectivity index (χ3n) is 5.43. The van der Waals surface area contributed by atoms with E-state index in [1.165, 1.54) is 29.8 Å². The van der Waals surface area contributed by atoms with Crippen molar-refractivity contribution < 1.29 is 4.74 Å². The highest BCUT2D eigenvalue weighted by Crippen LogP contribution is 2.29. The Morgan fingerprint density at radius 2 is 2.08 bits per heavy atom. The average Bonchev–Trinajstić information content (AvgIpc) is 3.26. The molecule has 2 aliphatic rings. The number of ether oxygens (including phenoxy) is 1. The van der Waals surface area contributed by atoms with Crippen LogP contribution in [0.4, 0.5) is 0 Å². The van der Waals surface area contributed by atoms with E-state index in [1.54, 1.807) is 0 Å². The number of nitrogens with zero attached hydrogens (tertiary/aromatic N) is 5. The molecule has 2 aromatic heterocycles. The monoisotopic (exact) mass is 329 g/mol. The maximum atomic E-state index is 6.04. The minimum Gasteiger partial charge on any atom is -0.380 e.